The van der Waals surface area contributed by atoms with Crippen molar-refractivity contribution in [2.45, 2.75) is 39.2 Å². The normalized spacial score (nSPS) is 17.8. The average Bonchev–Trinajstić information content (AvgIpc) is 3.12. The summed E-state index contributed by atoms with van der Waals surface area (Å²) in [7, 11) is 4.26. The number of aromatic nitrogens is 2. The number of aryl methyl sites for hydroxylation is 1. The minimum atomic E-state index is -0.248. The van der Waals surface area contributed by atoms with E-state index in [-0.39, 0.29) is 11.9 Å². The summed E-state index contributed by atoms with van der Waals surface area (Å²) in [6.07, 6.45) is 3.68. The van der Waals surface area contributed by atoms with Crippen LogP contribution in [0.1, 0.15) is 43.7 Å². The van der Waals surface area contributed by atoms with Crippen LogP contribution in [0.2, 0.25) is 0 Å². The second-order valence-corrected chi connectivity index (χ2v) is 7.67. The van der Waals surface area contributed by atoms with Crippen molar-refractivity contribution in [2.75, 3.05) is 33.7 Å². The van der Waals surface area contributed by atoms with E-state index in [2.05, 4.69) is 41.0 Å². The van der Waals surface area contributed by atoms with E-state index in [0.29, 0.717) is 22.8 Å². The van der Waals surface area contributed by atoms with Crippen LogP contribution in [0.25, 0.3) is 11.4 Å². The van der Waals surface area contributed by atoms with Gasteiger partial charge in [-0.15, -0.1) is 0 Å². The van der Waals surface area contributed by atoms with E-state index < -0.39 is 0 Å². The van der Waals surface area contributed by atoms with E-state index in [9.17, 15) is 4.39 Å². The highest BCUT2D eigenvalue weighted by Gasteiger charge is 2.27. The Kier molecular flexibility index (Phi) is 6.04. The quantitative estimate of drug-likeness (QED) is 0.781. The first-order valence-corrected chi connectivity index (χ1v) is 9.43. The van der Waals surface area contributed by atoms with Crippen molar-refractivity contribution in [1.29, 1.82) is 0 Å². The van der Waals surface area contributed by atoms with Crippen LogP contribution in [0.5, 0.6) is 0 Å². The molecule has 0 radical (unpaired) electrons. The maximum absolute atomic E-state index is 13.8. The molecule has 1 aliphatic rings. The van der Waals surface area contributed by atoms with Gasteiger partial charge in [-0.2, -0.15) is 4.98 Å². The van der Waals surface area contributed by atoms with Crippen molar-refractivity contribution in [3.8, 4) is 11.4 Å². The van der Waals surface area contributed by atoms with Gasteiger partial charge in [0, 0.05) is 5.56 Å². The molecule has 2 heterocycles. The third kappa shape index (κ3) is 4.48. The molecule has 5 nitrogen and oxygen atoms in total. The molecular formula is C20H29FN4O. The van der Waals surface area contributed by atoms with Crippen LogP contribution in [0.4, 0.5) is 4.39 Å². The van der Waals surface area contributed by atoms with Gasteiger partial charge in [-0.3, -0.25) is 4.90 Å². The van der Waals surface area contributed by atoms with Crippen molar-refractivity contribution in [3.63, 3.8) is 0 Å². The largest absolute Gasteiger partial charge is 0.337 e. The summed E-state index contributed by atoms with van der Waals surface area (Å²) in [5.41, 5.74) is 1.26. The summed E-state index contributed by atoms with van der Waals surface area (Å²) in [4.78, 5) is 9.17. The Morgan fingerprint density at radius 1 is 1.31 bits per heavy atom. The van der Waals surface area contributed by atoms with Gasteiger partial charge >= 0.3 is 0 Å². The molecule has 1 aliphatic heterocycles. The summed E-state index contributed by atoms with van der Waals surface area (Å²) in [6.45, 7) is 7.10. The van der Waals surface area contributed by atoms with E-state index in [0.717, 1.165) is 25.6 Å². The first-order valence-electron chi connectivity index (χ1n) is 9.43. The summed E-state index contributed by atoms with van der Waals surface area (Å²) in [5, 5.41) is 4.05. The van der Waals surface area contributed by atoms with Crippen LogP contribution in [0.15, 0.2) is 22.7 Å². The molecule has 26 heavy (non-hydrogen) atoms. The zero-order valence-electron chi connectivity index (χ0n) is 16.2. The molecule has 142 valence electrons. The summed E-state index contributed by atoms with van der Waals surface area (Å²) < 4.78 is 19.3. The molecule has 0 N–H and O–H groups in total. The van der Waals surface area contributed by atoms with E-state index in [1.807, 2.05) is 6.07 Å². The third-order valence-electron chi connectivity index (χ3n) is 5.41. The Morgan fingerprint density at radius 3 is 2.69 bits per heavy atom. The van der Waals surface area contributed by atoms with E-state index in [1.165, 1.54) is 25.3 Å². The van der Waals surface area contributed by atoms with Crippen LogP contribution in [-0.2, 0) is 0 Å². The van der Waals surface area contributed by atoms with Crippen LogP contribution in [0, 0.1) is 18.7 Å². The van der Waals surface area contributed by atoms with Crippen molar-refractivity contribution >= 4 is 0 Å². The molecule has 0 bridgehead atoms. The fraction of sp³-hybridized carbons (Fsp3) is 0.600. The molecule has 1 aromatic carbocycles. The lowest BCUT2D eigenvalue weighted by Crippen LogP contribution is -2.36. The van der Waals surface area contributed by atoms with Crippen LogP contribution in [-0.4, -0.2) is 53.7 Å². The Balaban J connectivity index is 1.60. The van der Waals surface area contributed by atoms with Gasteiger partial charge in [0.25, 0.3) is 0 Å². The number of piperidine rings is 1. The molecule has 0 saturated carbocycles. The van der Waals surface area contributed by atoms with Gasteiger partial charge < -0.3 is 9.42 Å². The second-order valence-electron chi connectivity index (χ2n) is 7.67. The number of hydrogen-bond acceptors (Lipinski definition) is 5. The fourth-order valence-corrected chi connectivity index (χ4v) is 3.48. The number of hydrogen-bond donors (Lipinski definition) is 0. The zero-order chi connectivity index (χ0) is 18.7. The molecule has 0 spiro atoms. The predicted octanol–water partition coefficient (Wildman–Crippen LogP) is 3.91. The van der Waals surface area contributed by atoms with Gasteiger partial charge in [0.05, 0.1) is 6.04 Å². The molecule has 6 heteroatoms. The molecule has 2 aromatic rings. The maximum Gasteiger partial charge on any atom is 0.244 e. The third-order valence-corrected chi connectivity index (χ3v) is 5.41. The van der Waals surface area contributed by atoms with Crippen molar-refractivity contribution < 1.29 is 8.91 Å². The minimum absolute atomic E-state index is 0.0846. The number of halogens is 1. The van der Waals surface area contributed by atoms with Gasteiger partial charge in [-0.1, -0.05) is 17.3 Å². The Labute approximate surface area is 155 Å². The standard InChI is InChI=1S/C20H29FN4O/c1-14-5-6-17(13-18(14)21)19-22-20(26-23-19)15(2)25-11-8-16(9-12-25)7-10-24(3)4/h5-6,13,15-16H,7-12H2,1-4H3. The molecule has 1 fully saturated rings. The number of likely N-dealkylation sites (tertiary alicyclic amines) is 1. The number of nitrogens with zero attached hydrogens (tertiary/aromatic N) is 4. The monoisotopic (exact) mass is 360 g/mol. The molecule has 1 saturated heterocycles. The molecule has 1 atom stereocenters. The maximum atomic E-state index is 13.8. The zero-order valence-corrected chi connectivity index (χ0v) is 16.2. The predicted molar refractivity (Wildman–Crippen MR) is 100 cm³/mol. The molecule has 1 aromatic heterocycles. The highest BCUT2D eigenvalue weighted by Crippen LogP contribution is 2.28. The van der Waals surface area contributed by atoms with Crippen LogP contribution < -0.4 is 0 Å². The topological polar surface area (TPSA) is 45.4 Å². The summed E-state index contributed by atoms with van der Waals surface area (Å²) >= 11 is 0. The van der Waals surface area contributed by atoms with Gasteiger partial charge in [-0.05, 0) is 84.4 Å². The Morgan fingerprint density at radius 2 is 2.04 bits per heavy atom. The molecule has 0 aliphatic carbocycles. The fourth-order valence-electron chi connectivity index (χ4n) is 3.48. The van der Waals surface area contributed by atoms with E-state index >= 15 is 0 Å². The first-order chi connectivity index (χ1) is 12.4. The van der Waals surface area contributed by atoms with E-state index in [1.54, 1.807) is 13.0 Å². The number of rotatable bonds is 6. The van der Waals surface area contributed by atoms with Gasteiger partial charge in [0.2, 0.25) is 11.7 Å². The molecule has 0 amide bonds. The Hall–Kier alpha value is -1.79. The van der Waals surface area contributed by atoms with Crippen molar-refractivity contribution in [1.82, 2.24) is 19.9 Å². The molecular weight excluding hydrogens is 331 g/mol. The van der Waals surface area contributed by atoms with Gasteiger partial charge in [0.1, 0.15) is 5.82 Å². The summed E-state index contributed by atoms with van der Waals surface area (Å²) in [5.74, 6) is 1.61. The lowest BCUT2D eigenvalue weighted by Gasteiger charge is -2.34. The van der Waals surface area contributed by atoms with Crippen molar-refractivity contribution in [2.24, 2.45) is 5.92 Å². The lowest BCUT2D eigenvalue weighted by atomic mass is 9.92. The highest BCUT2D eigenvalue weighted by molar-refractivity contribution is 5.54. The van der Waals surface area contributed by atoms with Crippen molar-refractivity contribution in [3.05, 3.63) is 35.5 Å². The Bertz CT molecular complexity index is 722. The van der Waals surface area contributed by atoms with Crippen LogP contribution in [0.3, 0.4) is 0 Å². The van der Waals surface area contributed by atoms with Gasteiger partial charge in [0.15, 0.2) is 0 Å². The lowest BCUT2D eigenvalue weighted by molar-refractivity contribution is 0.114. The minimum Gasteiger partial charge on any atom is -0.337 e. The SMILES string of the molecule is Cc1ccc(-c2noc(C(C)N3CCC(CCN(C)C)CC3)n2)cc1F. The molecule has 1 unspecified atom stereocenters. The van der Waals surface area contributed by atoms with Gasteiger partial charge in [-0.25, -0.2) is 4.39 Å². The first kappa shape index (κ1) is 19.0. The number of benzene rings is 1. The second kappa shape index (κ2) is 8.27. The molecule has 3 rings (SSSR count). The highest BCUT2D eigenvalue weighted by atomic mass is 19.1. The summed E-state index contributed by atoms with van der Waals surface area (Å²) in [6, 6.07) is 5.11. The van der Waals surface area contributed by atoms with E-state index in [4.69, 9.17) is 4.52 Å². The smallest absolute Gasteiger partial charge is 0.244 e. The van der Waals surface area contributed by atoms with Crippen LogP contribution >= 0.6 is 0 Å². The average molecular weight is 360 g/mol.